The highest BCUT2D eigenvalue weighted by atomic mass is 32.2. The van der Waals surface area contributed by atoms with Gasteiger partial charge in [-0.25, -0.2) is 18.1 Å². The van der Waals surface area contributed by atoms with Crippen LogP contribution in [-0.4, -0.2) is 85.5 Å². The van der Waals surface area contributed by atoms with Crippen LogP contribution in [0.15, 0.2) is 53.4 Å². The van der Waals surface area contributed by atoms with Gasteiger partial charge < -0.3 is 19.3 Å². The zero-order valence-electron chi connectivity index (χ0n) is 28.1. The summed E-state index contributed by atoms with van der Waals surface area (Å²) >= 11 is 0. The quantitative estimate of drug-likeness (QED) is 0.380. The predicted octanol–water partition coefficient (Wildman–Crippen LogP) is 5.23. The van der Waals surface area contributed by atoms with Crippen LogP contribution in [0.25, 0.3) is 11.3 Å². The summed E-state index contributed by atoms with van der Waals surface area (Å²) in [7, 11) is -2.49. The molecule has 3 heterocycles. The first-order valence-electron chi connectivity index (χ1n) is 16.1. The van der Waals surface area contributed by atoms with Crippen molar-refractivity contribution in [2.45, 2.75) is 77.3 Å². The van der Waals surface area contributed by atoms with E-state index in [0.29, 0.717) is 25.3 Å². The molecule has 1 fully saturated rings. The van der Waals surface area contributed by atoms with Crippen molar-refractivity contribution in [3.05, 3.63) is 65.2 Å². The number of ether oxygens (including phenoxy) is 2. The molecule has 2 amide bonds. The van der Waals surface area contributed by atoms with E-state index in [9.17, 15) is 18.0 Å². The van der Waals surface area contributed by atoms with Crippen molar-refractivity contribution in [1.82, 2.24) is 19.8 Å². The van der Waals surface area contributed by atoms with Crippen LogP contribution in [0.5, 0.6) is 5.88 Å². The highest BCUT2D eigenvalue weighted by Gasteiger charge is 2.33. The molecule has 12 heteroatoms. The molecule has 0 radical (unpaired) electrons. The number of fused-ring (bicyclic) bond motifs is 4. The van der Waals surface area contributed by atoms with Gasteiger partial charge in [-0.1, -0.05) is 45.0 Å². The van der Waals surface area contributed by atoms with Gasteiger partial charge in [0.1, 0.15) is 13.2 Å². The van der Waals surface area contributed by atoms with Crippen molar-refractivity contribution in [1.29, 1.82) is 0 Å². The Kier molecular flexibility index (Phi) is 10.2. The number of nitrogens with one attached hydrogen (secondary N) is 1. The van der Waals surface area contributed by atoms with E-state index < -0.39 is 22.0 Å². The normalized spacial score (nSPS) is 19.8. The zero-order chi connectivity index (χ0) is 33.9. The van der Waals surface area contributed by atoms with Crippen LogP contribution in [0.3, 0.4) is 0 Å². The van der Waals surface area contributed by atoms with Crippen LogP contribution in [0.4, 0.5) is 5.95 Å². The Bertz CT molecular complexity index is 1710. The molecule has 0 aliphatic carbocycles. The Balaban J connectivity index is 1.58. The van der Waals surface area contributed by atoms with E-state index in [1.165, 1.54) is 23.1 Å². The van der Waals surface area contributed by atoms with E-state index >= 15 is 0 Å². The number of nitrogens with zero attached hydrogens (tertiary/aromatic N) is 4. The van der Waals surface area contributed by atoms with Gasteiger partial charge in [0.15, 0.2) is 0 Å². The molecule has 3 aromatic rings. The molecule has 47 heavy (non-hydrogen) atoms. The second kappa shape index (κ2) is 14.0. The lowest BCUT2D eigenvalue weighted by atomic mass is 9.87. The lowest BCUT2D eigenvalue weighted by Crippen LogP contribution is -2.51. The molecular weight excluding hydrogens is 618 g/mol. The molecule has 1 aromatic heterocycles. The maximum Gasteiger partial charge on any atom is 0.264 e. The number of benzene rings is 2. The molecule has 2 aliphatic heterocycles. The monoisotopic (exact) mass is 663 g/mol. The molecule has 252 valence electrons. The first-order chi connectivity index (χ1) is 22.2. The molecule has 0 saturated carbocycles. The first-order valence-corrected chi connectivity index (χ1v) is 17.6. The predicted molar refractivity (Wildman–Crippen MR) is 180 cm³/mol. The molecule has 1 N–H and O–H groups in total. The molecule has 0 spiro atoms. The topological polar surface area (TPSA) is 131 Å². The summed E-state index contributed by atoms with van der Waals surface area (Å²) in [6.45, 7) is 11.0. The fourth-order valence-electron chi connectivity index (χ4n) is 6.17. The first kappa shape index (κ1) is 34.3. The van der Waals surface area contributed by atoms with Crippen LogP contribution < -0.4 is 9.46 Å². The van der Waals surface area contributed by atoms with Crippen molar-refractivity contribution < 1.29 is 27.5 Å². The molecule has 5 rings (SSSR count). The highest BCUT2D eigenvalue weighted by Crippen LogP contribution is 2.31. The minimum atomic E-state index is -4.20. The van der Waals surface area contributed by atoms with Gasteiger partial charge in [0, 0.05) is 37.4 Å². The van der Waals surface area contributed by atoms with E-state index in [4.69, 9.17) is 9.47 Å². The van der Waals surface area contributed by atoms with Crippen molar-refractivity contribution in [3.63, 3.8) is 0 Å². The second-order valence-electron chi connectivity index (χ2n) is 13.7. The third kappa shape index (κ3) is 8.47. The number of aromatic nitrogens is 2. The summed E-state index contributed by atoms with van der Waals surface area (Å²) in [6.07, 6.45) is 3.38. The number of hydrogen-bond donors (Lipinski definition) is 1. The average Bonchev–Trinajstić information content (AvgIpc) is 3.01. The Hall–Kier alpha value is -4.03. The maximum absolute atomic E-state index is 14.3. The van der Waals surface area contributed by atoms with Gasteiger partial charge in [0.05, 0.1) is 22.7 Å². The molecule has 2 atom stereocenters. The Morgan fingerprint density at radius 2 is 1.79 bits per heavy atom. The average molecular weight is 664 g/mol. The standard InChI is InChI=1S/C35H45N5O6S/c1-23-11-9-12-24(2)32(23)29-18-30-37-34(36-29)38-47(43,44)28-15-10-13-25(17-28)33(42)40(26(22-46-30)19-35(3,4)5)21-31(41)39(6)20-27-14-7-8-16-45-27/h9-13,15,17-18,26-27H,7-8,14,16,19-22H2,1-6H3,(H,36,37,38)/t26-,27-/m1/s1. The smallest absolute Gasteiger partial charge is 0.264 e. The van der Waals surface area contributed by atoms with Gasteiger partial charge in [-0.05, 0) is 74.3 Å². The summed E-state index contributed by atoms with van der Waals surface area (Å²) < 4.78 is 41.9. The number of aryl methyl sites for hydroxylation is 2. The third-order valence-corrected chi connectivity index (χ3v) is 9.84. The van der Waals surface area contributed by atoms with E-state index in [1.54, 1.807) is 24.1 Å². The molecule has 1 saturated heterocycles. The zero-order valence-corrected chi connectivity index (χ0v) is 28.9. The number of anilines is 1. The minimum absolute atomic E-state index is 0.0147. The lowest BCUT2D eigenvalue weighted by Gasteiger charge is -2.36. The molecule has 11 nitrogen and oxygen atoms in total. The van der Waals surface area contributed by atoms with Gasteiger partial charge >= 0.3 is 0 Å². The van der Waals surface area contributed by atoms with E-state index in [0.717, 1.165) is 36.0 Å². The maximum atomic E-state index is 14.3. The number of rotatable bonds is 6. The SMILES string of the molecule is Cc1cccc(C)c1-c1cc2nc(n1)NS(=O)(=O)c1cccc(c1)C(=O)N(CC(=O)N(C)C[C@H]1CCCCO1)[C@H](CC(C)(C)C)CO2. The molecule has 2 aliphatic rings. The number of hydrogen-bond acceptors (Lipinski definition) is 8. The van der Waals surface area contributed by atoms with Crippen molar-refractivity contribution in [2.75, 3.05) is 38.1 Å². The van der Waals surface area contributed by atoms with E-state index in [2.05, 4.69) is 35.5 Å². The lowest BCUT2D eigenvalue weighted by molar-refractivity contribution is -0.133. The number of likely N-dealkylation sites (N-methyl/N-ethyl adjacent to an activating group) is 1. The van der Waals surface area contributed by atoms with Crippen LogP contribution in [0.1, 0.15) is 67.9 Å². The summed E-state index contributed by atoms with van der Waals surface area (Å²) in [5.74, 6) is -0.723. The molecular formula is C35H45N5O6S. The van der Waals surface area contributed by atoms with Crippen LogP contribution in [-0.2, 0) is 19.6 Å². The minimum Gasteiger partial charge on any atom is -0.475 e. The summed E-state index contributed by atoms with van der Waals surface area (Å²) in [5, 5.41) is 0. The summed E-state index contributed by atoms with van der Waals surface area (Å²) in [5.41, 5.74) is 3.13. The second-order valence-corrected chi connectivity index (χ2v) is 15.4. The number of carbonyl (C=O) groups excluding carboxylic acids is 2. The van der Waals surface area contributed by atoms with Crippen molar-refractivity contribution in [2.24, 2.45) is 5.41 Å². The van der Waals surface area contributed by atoms with Gasteiger partial charge in [-0.15, -0.1) is 0 Å². The summed E-state index contributed by atoms with van der Waals surface area (Å²) in [4.78, 5) is 40.0. The fourth-order valence-corrected chi connectivity index (χ4v) is 7.16. The number of sulfonamides is 1. The Morgan fingerprint density at radius 3 is 2.47 bits per heavy atom. The number of amides is 2. The van der Waals surface area contributed by atoms with E-state index in [-0.39, 0.29) is 52.9 Å². The number of carbonyl (C=O) groups is 2. The van der Waals surface area contributed by atoms with Crippen LogP contribution >= 0.6 is 0 Å². The van der Waals surface area contributed by atoms with Gasteiger partial charge in [0.2, 0.25) is 17.7 Å². The Labute approximate surface area is 277 Å². The van der Waals surface area contributed by atoms with Crippen LogP contribution in [0.2, 0.25) is 0 Å². The van der Waals surface area contributed by atoms with E-state index in [1.807, 2.05) is 32.0 Å². The van der Waals surface area contributed by atoms with Crippen molar-refractivity contribution >= 4 is 27.8 Å². The van der Waals surface area contributed by atoms with Crippen molar-refractivity contribution in [3.8, 4) is 17.1 Å². The molecule has 0 unspecified atom stereocenters. The van der Waals surface area contributed by atoms with Crippen LogP contribution in [0, 0.1) is 19.3 Å². The van der Waals surface area contributed by atoms with Gasteiger partial charge in [-0.3, -0.25) is 9.59 Å². The molecule has 2 aromatic carbocycles. The van der Waals surface area contributed by atoms with Gasteiger partial charge in [-0.2, -0.15) is 4.98 Å². The highest BCUT2D eigenvalue weighted by molar-refractivity contribution is 7.92. The third-order valence-electron chi connectivity index (χ3n) is 8.51. The summed E-state index contributed by atoms with van der Waals surface area (Å²) in [6, 6.07) is 12.8. The fraction of sp³-hybridized carbons (Fsp3) is 0.486. The molecule has 4 bridgehead atoms. The largest absolute Gasteiger partial charge is 0.475 e. The Morgan fingerprint density at radius 1 is 1.06 bits per heavy atom. The van der Waals surface area contributed by atoms with Gasteiger partial charge in [0.25, 0.3) is 15.9 Å².